The van der Waals surface area contributed by atoms with Gasteiger partial charge in [0, 0.05) is 25.3 Å². The lowest BCUT2D eigenvalue weighted by Crippen LogP contribution is -2.36. The van der Waals surface area contributed by atoms with Gasteiger partial charge in [0.2, 0.25) is 5.88 Å². The Kier molecular flexibility index (Phi) is 6.99. The number of halogens is 1. The van der Waals surface area contributed by atoms with Crippen LogP contribution < -0.4 is 9.47 Å². The highest BCUT2D eigenvalue weighted by atomic mass is 35.5. The summed E-state index contributed by atoms with van der Waals surface area (Å²) in [5.74, 6) is 3.43. The summed E-state index contributed by atoms with van der Waals surface area (Å²) < 4.78 is 17.5. The maximum atomic E-state index is 11.1. The Labute approximate surface area is 166 Å². The number of Topliss-reactive ketones (excluding diaryl/α,β-unsaturated/α-hetero) is 1. The molecule has 3 atom stereocenters. The van der Waals surface area contributed by atoms with Gasteiger partial charge in [-0.25, -0.2) is 4.98 Å². The van der Waals surface area contributed by atoms with Gasteiger partial charge in [-0.2, -0.15) is 0 Å². The Hall–Kier alpha value is -1.33. The van der Waals surface area contributed by atoms with E-state index >= 15 is 0 Å². The van der Waals surface area contributed by atoms with E-state index in [-0.39, 0.29) is 17.8 Å². The lowest BCUT2D eigenvalue weighted by Gasteiger charge is -2.35. The van der Waals surface area contributed by atoms with Gasteiger partial charge in [0.25, 0.3) is 0 Å². The monoisotopic (exact) mass is 395 g/mol. The highest BCUT2D eigenvalue weighted by molar-refractivity contribution is 6.33. The Morgan fingerprint density at radius 2 is 2.04 bits per heavy atom. The molecule has 0 bridgehead atoms. The molecule has 2 unspecified atom stereocenters. The number of rotatable bonds is 11. The molecule has 1 aromatic heterocycles. The molecule has 0 N–H and O–H groups in total. The zero-order valence-corrected chi connectivity index (χ0v) is 17.2. The minimum Gasteiger partial charge on any atom is -0.491 e. The molecule has 0 aliphatic heterocycles. The lowest BCUT2D eigenvalue weighted by atomic mass is 9.83. The van der Waals surface area contributed by atoms with Crippen LogP contribution >= 0.6 is 11.6 Å². The molecular formula is C21H30ClNO4. The molecule has 0 saturated heterocycles. The topological polar surface area (TPSA) is 57.7 Å². The average Bonchev–Trinajstić information content (AvgIpc) is 3.28. The fourth-order valence-corrected chi connectivity index (χ4v) is 3.66. The number of ketones is 1. The SMILES string of the molecule is CC(=O)C[C@@H](C)COC1CC(COc2nccc(OCC3CC3C)c2Cl)C1. The second-order valence-electron chi connectivity index (χ2n) is 8.33. The van der Waals surface area contributed by atoms with Gasteiger partial charge in [0.1, 0.15) is 16.6 Å². The molecule has 6 heteroatoms. The van der Waals surface area contributed by atoms with E-state index < -0.39 is 0 Å². The van der Waals surface area contributed by atoms with Gasteiger partial charge in [0.05, 0.1) is 19.3 Å². The Bertz CT molecular complexity index is 647. The van der Waals surface area contributed by atoms with E-state index in [1.165, 1.54) is 6.42 Å². The van der Waals surface area contributed by atoms with Crippen molar-refractivity contribution < 1.29 is 19.0 Å². The van der Waals surface area contributed by atoms with Crippen molar-refractivity contribution in [2.24, 2.45) is 23.7 Å². The van der Waals surface area contributed by atoms with E-state index in [1.807, 2.05) is 6.92 Å². The van der Waals surface area contributed by atoms with Gasteiger partial charge in [-0.3, -0.25) is 0 Å². The number of carbonyl (C=O) groups excluding carboxylic acids is 1. The molecule has 0 spiro atoms. The number of pyridine rings is 1. The molecule has 0 amide bonds. The third-order valence-corrected chi connectivity index (χ3v) is 5.80. The first-order valence-electron chi connectivity index (χ1n) is 9.93. The molecule has 150 valence electrons. The number of hydrogen-bond acceptors (Lipinski definition) is 5. The quantitative estimate of drug-likeness (QED) is 0.549. The fraction of sp³-hybridized carbons (Fsp3) is 0.714. The number of carbonyl (C=O) groups is 1. The van der Waals surface area contributed by atoms with Crippen molar-refractivity contribution in [3.05, 3.63) is 17.3 Å². The summed E-state index contributed by atoms with van der Waals surface area (Å²) in [6.07, 6.45) is 5.70. The van der Waals surface area contributed by atoms with Crippen LogP contribution in [-0.4, -0.2) is 36.7 Å². The zero-order valence-electron chi connectivity index (χ0n) is 16.4. The maximum absolute atomic E-state index is 11.1. The molecular weight excluding hydrogens is 366 g/mol. The molecule has 3 rings (SSSR count). The van der Waals surface area contributed by atoms with Crippen LogP contribution in [0.5, 0.6) is 11.6 Å². The molecule has 0 radical (unpaired) electrons. The number of aromatic nitrogens is 1. The van der Waals surface area contributed by atoms with Crippen LogP contribution in [0.1, 0.15) is 46.5 Å². The average molecular weight is 396 g/mol. The molecule has 2 aliphatic rings. The summed E-state index contributed by atoms with van der Waals surface area (Å²) in [5, 5.41) is 0.455. The molecule has 0 aromatic carbocycles. The van der Waals surface area contributed by atoms with E-state index in [9.17, 15) is 4.79 Å². The van der Waals surface area contributed by atoms with Crippen LogP contribution in [0.25, 0.3) is 0 Å². The standard InChI is InChI=1S/C21H30ClNO4/c1-13(6-15(3)24)10-25-18-8-16(9-18)11-27-21-20(22)19(4-5-23-21)26-12-17-7-14(17)2/h4-5,13-14,16-18H,6-12H2,1-3H3/t13-,14?,16?,17?,18?/m1/s1. The summed E-state index contributed by atoms with van der Waals surface area (Å²) in [4.78, 5) is 15.3. The first kappa shape index (κ1) is 20.4. The summed E-state index contributed by atoms with van der Waals surface area (Å²) >= 11 is 6.38. The van der Waals surface area contributed by atoms with Crippen LogP contribution in [0.4, 0.5) is 0 Å². The Morgan fingerprint density at radius 1 is 1.30 bits per heavy atom. The number of ether oxygens (including phenoxy) is 3. The second kappa shape index (κ2) is 9.24. The zero-order chi connectivity index (χ0) is 19.4. The molecule has 5 nitrogen and oxygen atoms in total. The third-order valence-electron chi connectivity index (χ3n) is 5.45. The third kappa shape index (κ3) is 6.08. The van der Waals surface area contributed by atoms with Crippen molar-refractivity contribution in [3.8, 4) is 11.6 Å². The van der Waals surface area contributed by atoms with Crippen LogP contribution in [0.15, 0.2) is 12.3 Å². The highest BCUT2D eigenvalue weighted by Gasteiger charge is 2.33. The first-order chi connectivity index (χ1) is 12.9. The molecule has 1 aromatic rings. The normalized spacial score (nSPS) is 27.6. The second-order valence-corrected chi connectivity index (χ2v) is 8.71. The molecule has 2 aliphatic carbocycles. The van der Waals surface area contributed by atoms with Crippen molar-refractivity contribution >= 4 is 17.4 Å². The summed E-state index contributed by atoms with van der Waals surface area (Å²) in [7, 11) is 0. The summed E-state index contributed by atoms with van der Waals surface area (Å²) in [6.45, 7) is 7.83. The van der Waals surface area contributed by atoms with Gasteiger partial charge in [0.15, 0.2) is 0 Å². The predicted octanol–water partition coefficient (Wildman–Crippen LogP) is 4.56. The molecule has 27 heavy (non-hydrogen) atoms. The highest BCUT2D eigenvalue weighted by Crippen LogP contribution is 2.40. The van der Waals surface area contributed by atoms with Gasteiger partial charge in [-0.1, -0.05) is 25.4 Å². The van der Waals surface area contributed by atoms with E-state index in [0.29, 0.717) is 54.7 Å². The van der Waals surface area contributed by atoms with Crippen molar-refractivity contribution in [3.63, 3.8) is 0 Å². The van der Waals surface area contributed by atoms with Crippen molar-refractivity contribution in [1.82, 2.24) is 4.98 Å². The van der Waals surface area contributed by atoms with E-state index in [4.69, 9.17) is 25.8 Å². The van der Waals surface area contributed by atoms with Gasteiger partial charge < -0.3 is 19.0 Å². The van der Waals surface area contributed by atoms with Crippen molar-refractivity contribution in [2.75, 3.05) is 19.8 Å². The minimum absolute atomic E-state index is 0.216. The van der Waals surface area contributed by atoms with E-state index in [2.05, 4.69) is 11.9 Å². The fourth-order valence-electron chi connectivity index (χ4n) is 3.44. The summed E-state index contributed by atoms with van der Waals surface area (Å²) in [5.41, 5.74) is 0. The van der Waals surface area contributed by atoms with E-state index in [0.717, 1.165) is 18.8 Å². The van der Waals surface area contributed by atoms with Crippen LogP contribution in [0.2, 0.25) is 5.02 Å². The van der Waals surface area contributed by atoms with Crippen molar-refractivity contribution in [1.29, 1.82) is 0 Å². The van der Waals surface area contributed by atoms with Crippen LogP contribution in [-0.2, 0) is 9.53 Å². The largest absolute Gasteiger partial charge is 0.491 e. The minimum atomic E-state index is 0.216. The molecule has 1 heterocycles. The lowest BCUT2D eigenvalue weighted by molar-refractivity contribution is -0.119. The molecule has 2 fully saturated rings. The predicted molar refractivity (Wildman–Crippen MR) is 104 cm³/mol. The van der Waals surface area contributed by atoms with E-state index in [1.54, 1.807) is 19.2 Å². The number of hydrogen-bond donors (Lipinski definition) is 0. The Morgan fingerprint density at radius 3 is 2.70 bits per heavy atom. The van der Waals surface area contributed by atoms with Gasteiger partial charge >= 0.3 is 0 Å². The maximum Gasteiger partial charge on any atom is 0.236 e. The number of nitrogens with zero attached hydrogens (tertiary/aromatic N) is 1. The van der Waals surface area contributed by atoms with Crippen LogP contribution in [0.3, 0.4) is 0 Å². The Balaban J connectivity index is 1.35. The van der Waals surface area contributed by atoms with Crippen molar-refractivity contribution in [2.45, 2.75) is 52.6 Å². The first-order valence-corrected chi connectivity index (χ1v) is 10.3. The summed E-state index contributed by atoms with van der Waals surface area (Å²) in [6, 6.07) is 1.79. The molecule has 2 saturated carbocycles. The van der Waals surface area contributed by atoms with Gasteiger partial charge in [-0.05, 0) is 49.9 Å². The smallest absolute Gasteiger partial charge is 0.236 e. The van der Waals surface area contributed by atoms with Gasteiger partial charge in [-0.15, -0.1) is 0 Å². The van der Waals surface area contributed by atoms with Crippen LogP contribution in [0, 0.1) is 23.7 Å².